The fourth-order valence-corrected chi connectivity index (χ4v) is 4.17. The molecule has 2 saturated heterocycles. The predicted octanol–water partition coefficient (Wildman–Crippen LogP) is 2.90. The van der Waals surface area contributed by atoms with E-state index < -0.39 is 0 Å². The van der Waals surface area contributed by atoms with Gasteiger partial charge in [-0.25, -0.2) is 9.97 Å². The summed E-state index contributed by atoms with van der Waals surface area (Å²) in [7, 11) is 2.03. The highest BCUT2D eigenvalue weighted by atomic mass is 15.3. The summed E-state index contributed by atoms with van der Waals surface area (Å²) in [6, 6.07) is 11.9. The Morgan fingerprint density at radius 1 is 1.10 bits per heavy atom. The molecular formula is C24H36N6. The number of anilines is 2. The molecule has 6 nitrogen and oxygen atoms in total. The molecule has 1 unspecified atom stereocenters. The lowest BCUT2D eigenvalue weighted by molar-refractivity contribution is 0.402. The van der Waals surface area contributed by atoms with Crippen LogP contribution in [-0.2, 0) is 0 Å². The molecule has 2 aromatic heterocycles. The van der Waals surface area contributed by atoms with Gasteiger partial charge in [-0.1, -0.05) is 32.9 Å². The summed E-state index contributed by atoms with van der Waals surface area (Å²) in [4.78, 5) is 14.9. The Labute approximate surface area is 181 Å². The maximum atomic E-state index is 5.07. The smallest absolute Gasteiger partial charge is 0.132 e. The quantitative estimate of drug-likeness (QED) is 0.701. The minimum Gasteiger partial charge on any atom is -0.353 e. The minimum atomic E-state index is 0.329. The van der Waals surface area contributed by atoms with Crippen LogP contribution in [0.25, 0.3) is 0 Å². The van der Waals surface area contributed by atoms with Crippen molar-refractivity contribution in [1.29, 1.82) is 0 Å². The number of hydrogen-bond donors (Lipinski definition) is 2. The number of nitrogens with one attached hydrogen (secondary N) is 2. The van der Waals surface area contributed by atoms with Gasteiger partial charge in [0.25, 0.3) is 0 Å². The third-order valence-electron chi connectivity index (χ3n) is 6.50. The second-order valence-corrected chi connectivity index (χ2v) is 9.21. The van der Waals surface area contributed by atoms with Crippen LogP contribution >= 0.6 is 0 Å². The van der Waals surface area contributed by atoms with Gasteiger partial charge in [0.1, 0.15) is 11.6 Å². The first-order valence-electron chi connectivity index (χ1n) is 11.3. The molecule has 0 radical (unpaired) electrons. The molecule has 162 valence electrons. The predicted molar refractivity (Wildman–Crippen MR) is 125 cm³/mol. The average Bonchev–Trinajstić information content (AvgIpc) is 2.65. The zero-order valence-electron chi connectivity index (χ0n) is 19.0. The lowest BCUT2D eigenvalue weighted by Crippen LogP contribution is -2.58. The average molecular weight is 409 g/mol. The van der Waals surface area contributed by atoms with Gasteiger partial charge in [-0.05, 0) is 43.7 Å². The van der Waals surface area contributed by atoms with Crippen molar-refractivity contribution in [2.45, 2.75) is 51.6 Å². The Kier molecular flexibility index (Phi) is 6.25. The van der Waals surface area contributed by atoms with Crippen LogP contribution in [-0.4, -0.2) is 61.8 Å². The van der Waals surface area contributed by atoms with E-state index >= 15 is 0 Å². The van der Waals surface area contributed by atoms with Crippen molar-refractivity contribution in [3.63, 3.8) is 0 Å². The van der Waals surface area contributed by atoms with Crippen LogP contribution < -0.4 is 20.4 Å². The van der Waals surface area contributed by atoms with Crippen LogP contribution in [0.4, 0.5) is 11.6 Å². The first kappa shape index (κ1) is 21.1. The van der Waals surface area contributed by atoms with Gasteiger partial charge in [-0.15, -0.1) is 0 Å². The van der Waals surface area contributed by atoms with E-state index in [0.717, 1.165) is 55.7 Å². The first-order valence-corrected chi connectivity index (χ1v) is 11.3. The van der Waals surface area contributed by atoms with Gasteiger partial charge in [-0.3, -0.25) is 0 Å². The first-order chi connectivity index (χ1) is 14.5. The van der Waals surface area contributed by atoms with Crippen LogP contribution in [0.2, 0.25) is 0 Å². The van der Waals surface area contributed by atoms with Crippen molar-refractivity contribution < 1.29 is 0 Å². The molecule has 0 amide bonds. The summed E-state index contributed by atoms with van der Waals surface area (Å²) < 4.78 is 0. The van der Waals surface area contributed by atoms with E-state index in [9.17, 15) is 0 Å². The standard InChI is InChI=1S/C24H36N6/c1-16(2)21-10-9-17(3)24(28-21)30(20-11-26-12-20)13-18(4)22-7-6-8-23(27-22)29-14-19(15-29)25-5/h6-10,16,18-20,25-26H,11-15H2,1-5H3. The molecule has 0 bridgehead atoms. The molecule has 4 heterocycles. The van der Waals surface area contributed by atoms with E-state index in [1.54, 1.807) is 0 Å². The Hall–Kier alpha value is -2.18. The van der Waals surface area contributed by atoms with Crippen molar-refractivity contribution in [1.82, 2.24) is 20.6 Å². The number of hydrogen-bond acceptors (Lipinski definition) is 6. The number of aromatic nitrogens is 2. The highest BCUT2D eigenvalue weighted by molar-refractivity contribution is 5.50. The molecule has 0 aliphatic carbocycles. The van der Waals surface area contributed by atoms with Crippen molar-refractivity contribution in [2.75, 3.05) is 49.6 Å². The monoisotopic (exact) mass is 408 g/mol. The lowest BCUT2D eigenvalue weighted by Gasteiger charge is -2.41. The van der Waals surface area contributed by atoms with Gasteiger partial charge in [0.15, 0.2) is 0 Å². The van der Waals surface area contributed by atoms with Crippen molar-refractivity contribution in [3.8, 4) is 0 Å². The summed E-state index contributed by atoms with van der Waals surface area (Å²) in [5.41, 5.74) is 3.58. The number of rotatable bonds is 8. The van der Waals surface area contributed by atoms with E-state index in [0.29, 0.717) is 23.9 Å². The normalized spacial score (nSPS) is 18.3. The van der Waals surface area contributed by atoms with Crippen LogP contribution in [0, 0.1) is 6.92 Å². The highest BCUT2D eigenvalue weighted by Gasteiger charge is 2.30. The van der Waals surface area contributed by atoms with Gasteiger partial charge in [0.05, 0.1) is 6.04 Å². The SMILES string of the molecule is CNC1CN(c2cccc(C(C)CN(c3nc(C(C)C)ccc3C)C3CNC3)n2)C1. The van der Waals surface area contributed by atoms with Crippen molar-refractivity contribution in [3.05, 3.63) is 47.3 Å². The molecule has 2 fully saturated rings. The zero-order chi connectivity index (χ0) is 21.3. The second-order valence-electron chi connectivity index (χ2n) is 9.21. The van der Waals surface area contributed by atoms with E-state index in [4.69, 9.17) is 9.97 Å². The Morgan fingerprint density at radius 3 is 2.50 bits per heavy atom. The molecule has 1 atom stereocenters. The van der Waals surface area contributed by atoms with Crippen LogP contribution in [0.15, 0.2) is 30.3 Å². The van der Waals surface area contributed by atoms with Crippen LogP contribution in [0.3, 0.4) is 0 Å². The molecule has 4 rings (SSSR count). The molecule has 2 aliphatic rings. The van der Waals surface area contributed by atoms with Gasteiger partial charge in [0, 0.05) is 56.1 Å². The molecule has 0 spiro atoms. The maximum Gasteiger partial charge on any atom is 0.132 e. The van der Waals surface area contributed by atoms with Gasteiger partial charge in [-0.2, -0.15) is 0 Å². The number of nitrogens with zero attached hydrogens (tertiary/aromatic N) is 4. The number of likely N-dealkylation sites (N-methyl/N-ethyl adjacent to an activating group) is 1. The zero-order valence-corrected chi connectivity index (χ0v) is 19.0. The van der Waals surface area contributed by atoms with Gasteiger partial charge < -0.3 is 20.4 Å². The Balaban J connectivity index is 1.54. The summed E-state index contributed by atoms with van der Waals surface area (Å²) >= 11 is 0. The summed E-state index contributed by atoms with van der Waals surface area (Å²) in [6.45, 7) is 13.9. The number of pyridine rings is 2. The Bertz CT molecular complexity index is 857. The van der Waals surface area contributed by atoms with E-state index in [1.165, 1.54) is 5.56 Å². The molecular weight excluding hydrogens is 372 g/mol. The summed E-state index contributed by atoms with van der Waals surface area (Å²) in [6.07, 6.45) is 0. The maximum absolute atomic E-state index is 5.07. The van der Waals surface area contributed by atoms with E-state index in [2.05, 4.69) is 78.5 Å². The molecule has 0 aromatic carbocycles. The largest absolute Gasteiger partial charge is 0.353 e. The van der Waals surface area contributed by atoms with E-state index in [1.807, 2.05) is 7.05 Å². The number of aryl methyl sites for hydroxylation is 1. The topological polar surface area (TPSA) is 56.3 Å². The molecule has 6 heteroatoms. The molecule has 0 saturated carbocycles. The summed E-state index contributed by atoms with van der Waals surface area (Å²) in [5, 5.41) is 6.77. The lowest BCUT2D eigenvalue weighted by atomic mass is 10.0. The van der Waals surface area contributed by atoms with Gasteiger partial charge in [0.2, 0.25) is 0 Å². The molecule has 2 N–H and O–H groups in total. The van der Waals surface area contributed by atoms with Crippen LogP contribution in [0.1, 0.15) is 49.6 Å². The fourth-order valence-electron chi connectivity index (χ4n) is 4.17. The third kappa shape index (κ3) is 4.30. The molecule has 30 heavy (non-hydrogen) atoms. The summed E-state index contributed by atoms with van der Waals surface area (Å²) in [5.74, 6) is 2.99. The second kappa shape index (κ2) is 8.90. The minimum absolute atomic E-state index is 0.329. The Morgan fingerprint density at radius 2 is 1.87 bits per heavy atom. The third-order valence-corrected chi connectivity index (χ3v) is 6.50. The van der Waals surface area contributed by atoms with Crippen molar-refractivity contribution in [2.24, 2.45) is 0 Å². The highest BCUT2D eigenvalue weighted by Crippen LogP contribution is 2.28. The van der Waals surface area contributed by atoms with Gasteiger partial charge >= 0.3 is 0 Å². The molecule has 2 aliphatic heterocycles. The van der Waals surface area contributed by atoms with E-state index in [-0.39, 0.29) is 0 Å². The fraction of sp³-hybridized carbons (Fsp3) is 0.583. The van der Waals surface area contributed by atoms with Crippen LogP contribution in [0.5, 0.6) is 0 Å². The molecule has 2 aromatic rings. The van der Waals surface area contributed by atoms with Crippen molar-refractivity contribution >= 4 is 11.6 Å².